The summed E-state index contributed by atoms with van der Waals surface area (Å²) in [5.41, 5.74) is 0.439. The van der Waals surface area contributed by atoms with Crippen LogP contribution in [0.5, 0.6) is 0 Å². The number of benzene rings is 1. The Balaban J connectivity index is 1.83. The number of hydrogen-bond acceptors (Lipinski definition) is 3. The first-order valence-electron chi connectivity index (χ1n) is 7.52. The molecule has 1 amide bonds. The lowest BCUT2D eigenvalue weighted by molar-refractivity contribution is 0.0510. The van der Waals surface area contributed by atoms with E-state index in [4.69, 9.17) is 27.9 Å². The van der Waals surface area contributed by atoms with Gasteiger partial charge in [-0.2, -0.15) is 0 Å². The van der Waals surface area contributed by atoms with Crippen LogP contribution in [0.25, 0.3) is 0 Å². The van der Waals surface area contributed by atoms with Gasteiger partial charge in [-0.05, 0) is 42.5 Å². The first kappa shape index (κ1) is 16.8. The van der Waals surface area contributed by atoms with E-state index < -0.39 is 0 Å². The third-order valence-electron chi connectivity index (χ3n) is 3.82. The smallest absolute Gasteiger partial charge is 0.255 e. The Kier molecular flexibility index (Phi) is 5.59. The Labute approximate surface area is 149 Å². The summed E-state index contributed by atoms with van der Waals surface area (Å²) in [6, 6.07) is 8.99. The molecule has 0 N–H and O–H groups in total. The summed E-state index contributed by atoms with van der Waals surface area (Å²) >= 11 is 13.9. The average molecular weight is 370 g/mol. The molecule has 3 rings (SSSR count). The van der Waals surface area contributed by atoms with E-state index in [9.17, 15) is 4.79 Å². The van der Waals surface area contributed by atoms with E-state index in [0.29, 0.717) is 28.7 Å². The van der Waals surface area contributed by atoms with E-state index >= 15 is 0 Å². The maximum atomic E-state index is 13.0. The molecule has 2 heterocycles. The molecule has 3 nitrogen and oxygen atoms in total. The molecule has 1 aliphatic rings. The molecule has 0 radical (unpaired) electrons. The minimum atomic E-state index is -0.110. The summed E-state index contributed by atoms with van der Waals surface area (Å²) in [7, 11) is 0. The zero-order valence-corrected chi connectivity index (χ0v) is 14.8. The quantitative estimate of drug-likeness (QED) is 0.751. The second-order valence-corrected chi connectivity index (χ2v) is 7.40. The highest BCUT2D eigenvalue weighted by molar-refractivity contribution is 7.09. The first-order chi connectivity index (χ1) is 11.1. The minimum absolute atomic E-state index is 0.0943. The third kappa shape index (κ3) is 4.27. The molecular formula is C17H17Cl2NO2S. The van der Waals surface area contributed by atoms with Gasteiger partial charge in [-0.25, -0.2) is 0 Å². The fraction of sp³-hybridized carbons (Fsp3) is 0.353. The number of thiophene rings is 1. The summed E-state index contributed by atoms with van der Waals surface area (Å²) in [6.45, 7) is 1.89. The van der Waals surface area contributed by atoms with Crippen molar-refractivity contribution in [2.45, 2.75) is 25.5 Å². The van der Waals surface area contributed by atoms with Gasteiger partial charge in [0.25, 0.3) is 5.91 Å². The van der Waals surface area contributed by atoms with Crippen LogP contribution in [0.15, 0.2) is 35.7 Å². The van der Waals surface area contributed by atoms with Crippen molar-refractivity contribution in [3.63, 3.8) is 0 Å². The van der Waals surface area contributed by atoms with Gasteiger partial charge in [-0.1, -0.05) is 29.3 Å². The molecule has 23 heavy (non-hydrogen) atoms. The van der Waals surface area contributed by atoms with Crippen LogP contribution < -0.4 is 0 Å². The topological polar surface area (TPSA) is 29.5 Å². The van der Waals surface area contributed by atoms with Crippen molar-refractivity contribution in [1.82, 2.24) is 4.90 Å². The Morgan fingerprint density at radius 2 is 2.22 bits per heavy atom. The number of nitrogens with zero attached hydrogens (tertiary/aromatic N) is 1. The molecule has 2 aromatic rings. The van der Waals surface area contributed by atoms with Crippen LogP contribution in [0, 0.1) is 0 Å². The van der Waals surface area contributed by atoms with Crippen molar-refractivity contribution in [2.75, 3.05) is 13.2 Å². The molecular weight excluding hydrogens is 353 g/mol. The van der Waals surface area contributed by atoms with Gasteiger partial charge in [-0.15, -0.1) is 11.3 Å². The molecule has 1 atom stereocenters. The molecule has 0 spiro atoms. The third-order valence-corrected chi connectivity index (χ3v) is 5.25. The van der Waals surface area contributed by atoms with Gasteiger partial charge in [0, 0.05) is 23.1 Å². The van der Waals surface area contributed by atoms with Crippen LogP contribution in [-0.4, -0.2) is 30.1 Å². The van der Waals surface area contributed by atoms with Gasteiger partial charge in [0.1, 0.15) is 0 Å². The largest absolute Gasteiger partial charge is 0.376 e. The van der Waals surface area contributed by atoms with E-state index in [-0.39, 0.29) is 12.0 Å². The average Bonchev–Trinajstić information content (AvgIpc) is 3.22. The lowest BCUT2D eigenvalue weighted by Crippen LogP contribution is -2.36. The van der Waals surface area contributed by atoms with Gasteiger partial charge in [-0.3, -0.25) is 4.79 Å². The first-order valence-corrected chi connectivity index (χ1v) is 9.15. The monoisotopic (exact) mass is 369 g/mol. The molecule has 122 valence electrons. The predicted molar refractivity (Wildman–Crippen MR) is 94.5 cm³/mol. The van der Waals surface area contributed by atoms with Crippen molar-refractivity contribution in [3.8, 4) is 0 Å². The minimum Gasteiger partial charge on any atom is -0.376 e. The van der Waals surface area contributed by atoms with Gasteiger partial charge in [0.15, 0.2) is 0 Å². The van der Waals surface area contributed by atoms with Crippen molar-refractivity contribution >= 4 is 40.4 Å². The molecule has 6 heteroatoms. The van der Waals surface area contributed by atoms with E-state index in [2.05, 4.69) is 0 Å². The number of carbonyl (C=O) groups excluding carboxylic acids is 1. The number of halogens is 2. The summed E-state index contributed by atoms with van der Waals surface area (Å²) in [6.07, 6.45) is 2.12. The van der Waals surface area contributed by atoms with Gasteiger partial charge in [0.2, 0.25) is 0 Å². The summed E-state index contributed by atoms with van der Waals surface area (Å²) in [4.78, 5) is 15.9. The van der Waals surface area contributed by atoms with Crippen LogP contribution in [-0.2, 0) is 11.3 Å². The van der Waals surface area contributed by atoms with E-state index in [1.54, 1.807) is 34.4 Å². The molecule has 0 bridgehead atoms. The molecule has 0 saturated carbocycles. The van der Waals surface area contributed by atoms with Gasteiger partial charge >= 0.3 is 0 Å². The fourth-order valence-corrected chi connectivity index (χ4v) is 3.77. The van der Waals surface area contributed by atoms with Crippen LogP contribution in [0.1, 0.15) is 28.1 Å². The van der Waals surface area contributed by atoms with E-state index in [0.717, 1.165) is 24.3 Å². The number of amides is 1. The summed E-state index contributed by atoms with van der Waals surface area (Å²) in [5.74, 6) is -0.110. The Hall–Kier alpha value is -1.07. The van der Waals surface area contributed by atoms with Crippen molar-refractivity contribution in [1.29, 1.82) is 0 Å². The zero-order chi connectivity index (χ0) is 16.2. The molecule has 1 saturated heterocycles. The lowest BCUT2D eigenvalue weighted by atomic mass is 10.1. The highest BCUT2D eigenvalue weighted by Crippen LogP contribution is 2.25. The van der Waals surface area contributed by atoms with Crippen molar-refractivity contribution in [2.24, 2.45) is 0 Å². The van der Waals surface area contributed by atoms with Crippen molar-refractivity contribution < 1.29 is 9.53 Å². The molecule has 0 aliphatic carbocycles. The molecule has 1 aromatic heterocycles. The maximum absolute atomic E-state index is 13.0. The van der Waals surface area contributed by atoms with Crippen LogP contribution in [0.3, 0.4) is 0 Å². The van der Waals surface area contributed by atoms with Crippen LogP contribution >= 0.6 is 34.5 Å². The number of hydrogen-bond donors (Lipinski definition) is 0. The Bertz CT molecular complexity index is 669. The highest BCUT2D eigenvalue weighted by atomic mass is 35.5. The molecule has 1 aromatic carbocycles. The summed E-state index contributed by atoms with van der Waals surface area (Å²) < 4.78 is 5.69. The van der Waals surface area contributed by atoms with Gasteiger partial charge in [0.05, 0.1) is 23.2 Å². The molecule has 1 aliphatic heterocycles. The normalized spacial score (nSPS) is 17.4. The summed E-state index contributed by atoms with van der Waals surface area (Å²) in [5, 5.41) is 2.94. The van der Waals surface area contributed by atoms with Gasteiger partial charge < -0.3 is 9.64 Å². The van der Waals surface area contributed by atoms with E-state index in [1.165, 1.54) is 0 Å². The standard InChI is InChI=1S/C17H17Cl2NO2S/c18-12-5-6-16(19)15(9-12)17(21)20(10-13-3-1-7-22-13)11-14-4-2-8-23-14/h2,4-6,8-9,13H,1,3,7,10-11H2. The number of carbonyl (C=O) groups is 1. The predicted octanol–water partition coefficient (Wildman–Crippen LogP) is 4.88. The van der Waals surface area contributed by atoms with Crippen molar-refractivity contribution in [3.05, 3.63) is 56.2 Å². The maximum Gasteiger partial charge on any atom is 0.255 e. The second kappa shape index (κ2) is 7.67. The number of ether oxygens (including phenoxy) is 1. The lowest BCUT2D eigenvalue weighted by Gasteiger charge is -2.25. The Morgan fingerprint density at radius 1 is 1.35 bits per heavy atom. The van der Waals surface area contributed by atoms with Crippen LogP contribution in [0.4, 0.5) is 0 Å². The highest BCUT2D eigenvalue weighted by Gasteiger charge is 2.25. The number of rotatable bonds is 5. The zero-order valence-electron chi connectivity index (χ0n) is 12.5. The molecule has 1 unspecified atom stereocenters. The SMILES string of the molecule is O=C(c1cc(Cl)ccc1Cl)N(Cc1cccs1)CC1CCCO1. The fourth-order valence-electron chi connectivity index (χ4n) is 2.68. The van der Waals surface area contributed by atoms with Crippen LogP contribution in [0.2, 0.25) is 10.0 Å². The molecule has 1 fully saturated rings. The Morgan fingerprint density at radius 3 is 2.91 bits per heavy atom. The van der Waals surface area contributed by atoms with E-state index in [1.807, 2.05) is 17.5 Å². The second-order valence-electron chi connectivity index (χ2n) is 5.52.